The fourth-order valence-corrected chi connectivity index (χ4v) is 6.34. The van der Waals surface area contributed by atoms with Gasteiger partial charge in [0, 0.05) is 10.7 Å². The summed E-state index contributed by atoms with van der Waals surface area (Å²) in [6.07, 6.45) is 2.82. The Morgan fingerprint density at radius 2 is 1.61 bits per heavy atom. The molecule has 0 aromatic heterocycles. The van der Waals surface area contributed by atoms with Crippen LogP contribution < -0.4 is 9.47 Å². The maximum absolute atomic E-state index is 13.7. The number of hydrogen-bond donors (Lipinski definition) is 0. The van der Waals surface area contributed by atoms with Crippen molar-refractivity contribution in [3.05, 3.63) is 93.5 Å². The van der Waals surface area contributed by atoms with Crippen molar-refractivity contribution in [2.24, 2.45) is 0 Å². The fraction of sp³-hybridized carbons (Fsp3) is 0.375. The molecule has 4 rings (SSSR count). The van der Waals surface area contributed by atoms with Crippen LogP contribution in [0.2, 0.25) is 0 Å². The molecule has 0 aliphatic heterocycles. The van der Waals surface area contributed by atoms with Crippen LogP contribution in [0.25, 0.3) is 0 Å². The summed E-state index contributed by atoms with van der Waals surface area (Å²) >= 11 is 2.16. The molecule has 220 valence electrons. The highest BCUT2D eigenvalue weighted by molar-refractivity contribution is 14.1. The Hall–Kier alpha value is -2.92. The molecular weight excluding hydrogens is 655 g/mol. The van der Waals surface area contributed by atoms with Gasteiger partial charge < -0.3 is 14.2 Å². The van der Waals surface area contributed by atoms with E-state index in [9.17, 15) is 18.0 Å². The number of esters is 2. The predicted octanol–water partition coefficient (Wildman–Crippen LogP) is 6.38. The first kappa shape index (κ1) is 32.6. The summed E-state index contributed by atoms with van der Waals surface area (Å²) in [6, 6.07) is 17.3. The van der Waals surface area contributed by atoms with Gasteiger partial charge in [-0.2, -0.15) is 0 Å². The Morgan fingerprint density at radius 1 is 0.976 bits per heavy atom. The lowest BCUT2D eigenvalue weighted by molar-refractivity contribution is -0.135. The van der Waals surface area contributed by atoms with Gasteiger partial charge in [0.1, 0.15) is 27.3 Å². The molecule has 1 atom stereocenters. The highest BCUT2D eigenvalue weighted by Crippen LogP contribution is 2.40. The Morgan fingerprint density at radius 3 is 2.17 bits per heavy atom. The van der Waals surface area contributed by atoms with Crippen LogP contribution in [0.15, 0.2) is 54.6 Å². The molecule has 0 saturated heterocycles. The average Bonchev–Trinajstić information content (AvgIpc) is 2.91. The number of methoxy groups -OCH3 is 1. The van der Waals surface area contributed by atoms with Crippen molar-refractivity contribution < 1.29 is 32.2 Å². The van der Waals surface area contributed by atoms with Gasteiger partial charge in [0.25, 0.3) is 0 Å². The van der Waals surface area contributed by atoms with Crippen molar-refractivity contribution in [2.75, 3.05) is 23.5 Å². The number of halogens is 1. The number of ether oxygens (including phenoxy) is 3. The van der Waals surface area contributed by atoms with Gasteiger partial charge >= 0.3 is 11.9 Å². The summed E-state index contributed by atoms with van der Waals surface area (Å²) in [6.45, 7) is 7.59. The molecule has 0 spiro atoms. The van der Waals surface area contributed by atoms with Crippen molar-refractivity contribution in [3.63, 3.8) is 0 Å². The number of rotatable bonds is 8. The molecule has 3 aromatic rings. The first-order chi connectivity index (χ1) is 19.3. The largest absolute Gasteiger partial charge is 0.491 e. The highest BCUT2D eigenvalue weighted by Gasteiger charge is 2.33. The van der Waals surface area contributed by atoms with Crippen LogP contribution in [0.5, 0.6) is 11.5 Å². The van der Waals surface area contributed by atoms with Gasteiger partial charge in [-0.05, 0) is 98.2 Å². The molecule has 3 aromatic carbocycles. The van der Waals surface area contributed by atoms with E-state index in [1.165, 1.54) is 13.4 Å². The van der Waals surface area contributed by atoms with Gasteiger partial charge in [-0.3, -0.25) is 4.79 Å². The molecular formula is C32H37IO7S. The lowest BCUT2D eigenvalue weighted by Crippen LogP contribution is -2.26. The van der Waals surface area contributed by atoms with E-state index in [0.717, 1.165) is 45.3 Å². The van der Waals surface area contributed by atoms with E-state index in [2.05, 4.69) is 28.7 Å². The number of hydrogen-bond acceptors (Lipinski definition) is 7. The Bertz CT molecular complexity index is 1490. The third-order valence-electron chi connectivity index (χ3n) is 6.52. The summed E-state index contributed by atoms with van der Waals surface area (Å²) in [5.41, 5.74) is 5.86. The van der Waals surface area contributed by atoms with Crippen LogP contribution >= 0.6 is 22.6 Å². The van der Waals surface area contributed by atoms with Gasteiger partial charge in [-0.1, -0.05) is 52.9 Å². The average molecular weight is 693 g/mol. The van der Waals surface area contributed by atoms with Crippen LogP contribution in [0.3, 0.4) is 0 Å². The van der Waals surface area contributed by atoms with Crippen molar-refractivity contribution >= 4 is 44.4 Å². The molecule has 0 radical (unpaired) electrons. The second-order valence-electron chi connectivity index (χ2n) is 10.4. The molecule has 1 aliphatic rings. The number of benzene rings is 3. The zero-order chi connectivity index (χ0) is 30.3. The topological polar surface area (TPSA) is 96.0 Å². The summed E-state index contributed by atoms with van der Waals surface area (Å²) in [5, 5.41) is 0. The van der Waals surface area contributed by atoms with Crippen molar-refractivity contribution in [1.82, 2.24) is 0 Å². The maximum atomic E-state index is 13.7. The molecule has 1 unspecified atom stereocenters. The SMILES string of the molecule is COC(=O)c1cc(C)c(OC(=O)C2c3ccccc3Cc3ccc(OC(C)C)cc32)c(C)c1.CS(=O)(=O)CCCI. The van der Waals surface area contributed by atoms with Gasteiger partial charge in [0.05, 0.1) is 24.5 Å². The first-order valence-electron chi connectivity index (χ1n) is 13.4. The Kier molecular flexibility index (Phi) is 11.4. The molecule has 0 bridgehead atoms. The van der Waals surface area contributed by atoms with Crippen molar-refractivity contribution in [2.45, 2.75) is 52.6 Å². The molecule has 0 saturated carbocycles. The Labute approximate surface area is 256 Å². The molecule has 41 heavy (non-hydrogen) atoms. The van der Waals surface area contributed by atoms with E-state index >= 15 is 0 Å². The van der Waals surface area contributed by atoms with E-state index in [0.29, 0.717) is 28.2 Å². The second-order valence-corrected chi connectivity index (χ2v) is 13.7. The van der Waals surface area contributed by atoms with Gasteiger partial charge in [0.2, 0.25) is 0 Å². The zero-order valence-corrected chi connectivity index (χ0v) is 27.3. The number of carbonyl (C=O) groups excluding carboxylic acids is 2. The molecule has 0 N–H and O–H groups in total. The van der Waals surface area contributed by atoms with Crippen LogP contribution in [0, 0.1) is 13.8 Å². The number of alkyl halides is 1. The minimum absolute atomic E-state index is 0.0305. The lowest BCUT2D eigenvalue weighted by Gasteiger charge is -2.28. The smallest absolute Gasteiger partial charge is 0.337 e. The first-order valence-corrected chi connectivity index (χ1v) is 17.0. The van der Waals surface area contributed by atoms with Gasteiger partial charge in [-0.25, -0.2) is 13.2 Å². The van der Waals surface area contributed by atoms with E-state index < -0.39 is 21.7 Å². The molecule has 9 heteroatoms. The summed E-state index contributed by atoms with van der Waals surface area (Å²) in [7, 11) is -1.35. The van der Waals surface area contributed by atoms with Gasteiger partial charge in [-0.15, -0.1) is 0 Å². The van der Waals surface area contributed by atoms with Crippen molar-refractivity contribution in [3.8, 4) is 11.5 Å². The van der Waals surface area contributed by atoms with Gasteiger partial charge in [0.15, 0.2) is 0 Å². The minimum Gasteiger partial charge on any atom is -0.491 e. The van der Waals surface area contributed by atoms with Crippen LogP contribution in [-0.2, 0) is 25.8 Å². The molecule has 0 fully saturated rings. The van der Waals surface area contributed by atoms with Crippen LogP contribution in [-0.4, -0.2) is 50.0 Å². The standard InChI is InChI=1S/C28H28O5.C4H9IO2S/c1-16(2)32-22-11-10-20-14-19-8-6-7-9-23(19)25(24(20)15-22)28(30)33-26-17(3)12-21(13-18(26)4)27(29)31-5;1-8(6,7)4-2-3-5/h6-13,15-16,25H,14H2,1-5H3;2-4H2,1H3. The third kappa shape index (κ3) is 8.78. The van der Waals surface area contributed by atoms with E-state index in [1.807, 2.05) is 64.1 Å². The summed E-state index contributed by atoms with van der Waals surface area (Å²) < 4.78 is 38.4. The van der Waals surface area contributed by atoms with E-state index in [-0.39, 0.29) is 12.1 Å². The van der Waals surface area contributed by atoms with Crippen molar-refractivity contribution in [1.29, 1.82) is 0 Å². The molecule has 0 amide bonds. The zero-order valence-electron chi connectivity index (χ0n) is 24.3. The third-order valence-corrected chi connectivity index (χ3v) is 8.31. The van der Waals surface area contributed by atoms with Crippen LogP contribution in [0.4, 0.5) is 0 Å². The number of carbonyl (C=O) groups is 2. The molecule has 7 nitrogen and oxygen atoms in total. The number of sulfone groups is 1. The minimum atomic E-state index is -2.69. The quantitative estimate of drug-likeness (QED) is 0.117. The lowest BCUT2D eigenvalue weighted by atomic mass is 9.78. The molecule has 1 aliphatic carbocycles. The Balaban J connectivity index is 0.000000507. The summed E-state index contributed by atoms with van der Waals surface area (Å²) in [4.78, 5) is 25.6. The second kappa shape index (κ2) is 14.3. The maximum Gasteiger partial charge on any atom is 0.337 e. The number of aryl methyl sites for hydroxylation is 2. The highest BCUT2D eigenvalue weighted by atomic mass is 127. The monoisotopic (exact) mass is 692 g/mol. The number of fused-ring (bicyclic) bond motifs is 2. The van der Waals surface area contributed by atoms with Crippen LogP contribution in [0.1, 0.15) is 69.9 Å². The predicted molar refractivity (Wildman–Crippen MR) is 169 cm³/mol. The normalized spacial score (nSPS) is 13.8. The summed E-state index contributed by atoms with van der Waals surface area (Å²) in [5.74, 6) is 0.173. The van der Waals surface area contributed by atoms with E-state index in [4.69, 9.17) is 14.2 Å². The fourth-order valence-electron chi connectivity index (χ4n) is 4.77. The molecule has 0 heterocycles. The van der Waals surface area contributed by atoms with E-state index in [1.54, 1.807) is 12.1 Å².